The van der Waals surface area contributed by atoms with Gasteiger partial charge in [-0.15, -0.1) is 0 Å². The van der Waals surface area contributed by atoms with Crippen LogP contribution in [0.5, 0.6) is 0 Å². The van der Waals surface area contributed by atoms with Crippen LogP contribution in [0.1, 0.15) is 18.6 Å². The van der Waals surface area contributed by atoms with Crippen molar-refractivity contribution in [2.45, 2.75) is 23.1 Å². The van der Waals surface area contributed by atoms with Gasteiger partial charge < -0.3 is 5.11 Å². The average molecular weight is 250 g/mol. The van der Waals surface area contributed by atoms with Gasteiger partial charge in [0, 0.05) is 12.4 Å². The third kappa shape index (κ3) is 2.81. The second kappa shape index (κ2) is 5.25. The quantitative estimate of drug-likeness (QED) is 0.851. The topological polar surface area (TPSA) is 46.0 Å². The molecule has 0 unspecified atom stereocenters. The molecule has 2 aromatic rings. The predicted octanol–water partition coefficient (Wildman–Crippen LogP) is 2.82. The van der Waals surface area contributed by atoms with Crippen LogP contribution in [0, 0.1) is 5.82 Å². The molecule has 1 N–H and O–H groups in total. The number of aliphatic hydroxyl groups excluding tert-OH is 1. The number of aromatic nitrogens is 2. The maximum absolute atomic E-state index is 13.7. The van der Waals surface area contributed by atoms with E-state index in [2.05, 4.69) is 9.97 Å². The maximum Gasteiger partial charge on any atom is 0.192 e. The fraction of sp³-hybridized carbons (Fsp3) is 0.167. The molecule has 0 amide bonds. The van der Waals surface area contributed by atoms with Gasteiger partial charge in [-0.25, -0.2) is 14.4 Å². The number of hydrogen-bond acceptors (Lipinski definition) is 4. The molecule has 3 nitrogen and oxygen atoms in total. The van der Waals surface area contributed by atoms with Crippen molar-refractivity contribution in [1.82, 2.24) is 9.97 Å². The van der Waals surface area contributed by atoms with Gasteiger partial charge in [-0.1, -0.05) is 12.1 Å². The highest BCUT2D eigenvalue weighted by Gasteiger charge is 2.14. The fourth-order valence-corrected chi connectivity index (χ4v) is 2.32. The van der Waals surface area contributed by atoms with Gasteiger partial charge in [0.15, 0.2) is 5.16 Å². The summed E-state index contributed by atoms with van der Waals surface area (Å²) in [6.45, 7) is 1.60. The van der Waals surface area contributed by atoms with E-state index in [9.17, 15) is 9.50 Å². The fourth-order valence-electron chi connectivity index (χ4n) is 1.39. The zero-order valence-electron chi connectivity index (χ0n) is 9.17. The third-order valence-electron chi connectivity index (χ3n) is 2.18. The molecule has 0 aliphatic heterocycles. The normalized spacial score (nSPS) is 12.4. The number of nitrogens with zero attached hydrogens (tertiary/aromatic N) is 2. The molecule has 0 fully saturated rings. The Hall–Kier alpha value is -1.46. The molecule has 0 bridgehead atoms. The van der Waals surface area contributed by atoms with Crippen LogP contribution in [0.15, 0.2) is 46.7 Å². The second-order valence-corrected chi connectivity index (χ2v) is 4.45. The number of hydrogen-bond donors (Lipinski definition) is 1. The summed E-state index contributed by atoms with van der Waals surface area (Å²) in [6.07, 6.45) is 2.47. The molecule has 0 spiro atoms. The van der Waals surface area contributed by atoms with E-state index < -0.39 is 6.10 Å². The van der Waals surface area contributed by atoms with Crippen LogP contribution in [0.2, 0.25) is 0 Å². The van der Waals surface area contributed by atoms with Gasteiger partial charge in [0.05, 0.1) is 11.0 Å². The molecule has 0 radical (unpaired) electrons. The van der Waals surface area contributed by atoms with Crippen molar-refractivity contribution in [3.8, 4) is 0 Å². The molecule has 88 valence electrons. The van der Waals surface area contributed by atoms with Gasteiger partial charge >= 0.3 is 0 Å². The molecule has 1 aromatic carbocycles. The van der Waals surface area contributed by atoms with Crippen molar-refractivity contribution in [1.29, 1.82) is 0 Å². The minimum absolute atomic E-state index is 0.369. The van der Waals surface area contributed by atoms with E-state index >= 15 is 0 Å². The van der Waals surface area contributed by atoms with E-state index in [1.54, 1.807) is 37.5 Å². The second-order valence-electron chi connectivity index (χ2n) is 3.47. The minimum Gasteiger partial charge on any atom is -0.389 e. The summed E-state index contributed by atoms with van der Waals surface area (Å²) >= 11 is 1.11. The number of aliphatic hydroxyl groups is 1. The van der Waals surface area contributed by atoms with Crippen molar-refractivity contribution < 1.29 is 9.50 Å². The van der Waals surface area contributed by atoms with Gasteiger partial charge in [0.25, 0.3) is 0 Å². The lowest BCUT2D eigenvalue weighted by atomic mass is 10.1. The molecule has 0 aliphatic rings. The number of benzene rings is 1. The summed E-state index contributed by atoms with van der Waals surface area (Å²) in [5.41, 5.74) is 0.544. The standard InChI is InChI=1S/C12H11FN2OS/c1-8(16)9-4-2-5-10(13)11(9)17-12-14-6-3-7-15-12/h2-8,16H,1H3/t8-/m1/s1. The maximum atomic E-state index is 13.7. The summed E-state index contributed by atoms with van der Waals surface area (Å²) in [4.78, 5) is 8.41. The smallest absolute Gasteiger partial charge is 0.192 e. The van der Waals surface area contributed by atoms with E-state index in [1.165, 1.54) is 6.07 Å². The van der Waals surface area contributed by atoms with Gasteiger partial charge in [-0.2, -0.15) is 0 Å². The lowest BCUT2D eigenvalue weighted by molar-refractivity contribution is 0.195. The molecule has 1 aromatic heterocycles. The Bertz CT molecular complexity index is 505. The molecular formula is C12H11FN2OS. The lowest BCUT2D eigenvalue weighted by Gasteiger charge is -2.11. The monoisotopic (exact) mass is 250 g/mol. The molecule has 1 atom stereocenters. The predicted molar refractivity (Wildman–Crippen MR) is 63.2 cm³/mol. The Morgan fingerprint density at radius 2 is 1.94 bits per heavy atom. The summed E-state index contributed by atoms with van der Waals surface area (Å²) in [7, 11) is 0. The first-order valence-electron chi connectivity index (χ1n) is 5.10. The van der Waals surface area contributed by atoms with E-state index in [4.69, 9.17) is 0 Å². The van der Waals surface area contributed by atoms with Crippen LogP contribution in [-0.2, 0) is 0 Å². The summed E-state index contributed by atoms with van der Waals surface area (Å²) in [5, 5.41) is 10.0. The Balaban J connectivity index is 2.38. The van der Waals surface area contributed by atoms with E-state index in [1.807, 2.05) is 0 Å². The van der Waals surface area contributed by atoms with Crippen LogP contribution in [0.25, 0.3) is 0 Å². The highest BCUT2D eigenvalue weighted by molar-refractivity contribution is 7.99. The zero-order valence-corrected chi connectivity index (χ0v) is 9.99. The zero-order chi connectivity index (χ0) is 12.3. The largest absolute Gasteiger partial charge is 0.389 e. The molecule has 0 saturated carbocycles. The molecule has 5 heteroatoms. The summed E-state index contributed by atoms with van der Waals surface area (Å²) < 4.78 is 13.7. The lowest BCUT2D eigenvalue weighted by Crippen LogP contribution is -1.97. The van der Waals surface area contributed by atoms with Crippen molar-refractivity contribution >= 4 is 11.8 Å². The van der Waals surface area contributed by atoms with Crippen molar-refractivity contribution in [2.75, 3.05) is 0 Å². The van der Waals surface area contributed by atoms with Gasteiger partial charge in [0.2, 0.25) is 0 Å². The van der Waals surface area contributed by atoms with Crippen LogP contribution < -0.4 is 0 Å². The molecule has 2 rings (SSSR count). The molecular weight excluding hydrogens is 239 g/mol. The number of halogens is 1. The van der Waals surface area contributed by atoms with Gasteiger partial charge in [-0.3, -0.25) is 0 Å². The van der Waals surface area contributed by atoms with Crippen LogP contribution in [0.4, 0.5) is 4.39 Å². The first-order chi connectivity index (χ1) is 8.18. The molecule has 0 aliphatic carbocycles. The highest BCUT2D eigenvalue weighted by Crippen LogP contribution is 2.33. The van der Waals surface area contributed by atoms with E-state index in [0.717, 1.165) is 11.8 Å². The average Bonchev–Trinajstić information content (AvgIpc) is 2.33. The Labute approximate surface area is 103 Å². The first kappa shape index (κ1) is 12.0. The van der Waals surface area contributed by atoms with Crippen molar-refractivity contribution in [3.05, 3.63) is 48.0 Å². The first-order valence-corrected chi connectivity index (χ1v) is 5.91. The van der Waals surface area contributed by atoms with Gasteiger partial charge in [0.1, 0.15) is 5.82 Å². The minimum atomic E-state index is -0.725. The van der Waals surface area contributed by atoms with E-state index in [-0.39, 0.29) is 5.82 Å². The summed E-state index contributed by atoms with van der Waals surface area (Å²) in [6, 6.07) is 6.32. The SMILES string of the molecule is C[C@@H](O)c1cccc(F)c1Sc1ncccn1. The van der Waals surface area contributed by atoms with Crippen LogP contribution in [-0.4, -0.2) is 15.1 Å². The Kier molecular flexibility index (Phi) is 3.71. The molecule has 1 heterocycles. The summed E-state index contributed by atoms with van der Waals surface area (Å²) in [5.74, 6) is -0.374. The van der Waals surface area contributed by atoms with Crippen LogP contribution >= 0.6 is 11.8 Å². The Morgan fingerprint density at radius 1 is 1.24 bits per heavy atom. The molecule has 17 heavy (non-hydrogen) atoms. The third-order valence-corrected chi connectivity index (χ3v) is 3.21. The Morgan fingerprint density at radius 3 is 2.59 bits per heavy atom. The van der Waals surface area contributed by atoms with Crippen LogP contribution in [0.3, 0.4) is 0 Å². The van der Waals surface area contributed by atoms with E-state index in [0.29, 0.717) is 15.6 Å². The van der Waals surface area contributed by atoms with Crippen molar-refractivity contribution in [2.24, 2.45) is 0 Å². The molecule has 0 saturated heterocycles. The van der Waals surface area contributed by atoms with Crippen molar-refractivity contribution in [3.63, 3.8) is 0 Å². The van der Waals surface area contributed by atoms with Gasteiger partial charge in [-0.05, 0) is 36.4 Å². The number of rotatable bonds is 3. The highest BCUT2D eigenvalue weighted by atomic mass is 32.2.